The van der Waals surface area contributed by atoms with Crippen molar-refractivity contribution in [3.8, 4) is 28.5 Å². The Kier molecular flexibility index (Phi) is 7.02. The normalized spacial score (nSPS) is 16.4. The molecule has 4 heterocycles. The zero-order valence-corrected chi connectivity index (χ0v) is 23.5. The summed E-state index contributed by atoms with van der Waals surface area (Å²) in [5, 5.41) is 10.1. The van der Waals surface area contributed by atoms with Gasteiger partial charge in [0.2, 0.25) is 17.7 Å². The number of sulfonamides is 1. The third kappa shape index (κ3) is 4.84. The molecule has 12 nitrogen and oxygen atoms in total. The lowest BCUT2D eigenvalue weighted by atomic mass is 9.93. The highest BCUT2D eigenvalue weighted by molar-refractivity contribution is 7.88. The average molecular weight is 565 g/mol. The SMILES string of the molecule is COc1cc(-c2cc(-c3ncco3)c3c(c2Nc2n[nH]c(S(=O)(=O)N4CCC(N(C)C)CC4)n2)CCC3)ccn1. The van der Waals surface area contributed by atoms with Crippen molar-refractivity contribution in [2.75, 3.05) is 39.6 Å². The van der Waals surface area contributed by atoms with Crippen molar-refractivity contribution in [3.05, 3.63) is 48.0 Å². The molecule has 0 atom stereocenters. The summed E-state index contributed by atoms with van der Waals surface area (Å²) in [4.78, 5) is 15.2. The molecule has 0 bridgehead atoms. The van der Waals surface area contributed by atoms with E-state index >= 15 is 0 Å². The number of hydrogen-bond donors (Lipinski definition) is 2. The number of aromatic nitrogens is 5. The van der Waals surface area contributed by atoms with Crippen LogP contribution in [0.2, 0.25) is 0 Å². The summed E-state index contributed by atoms with van der Waals surface area (Å²) >= 11 is 0. The van der Waals surface area contributed by atoms with Crippen LogP contribution in [0.3, 0.4) is 0 Å². The van der Waals surface area contributed by atoms with E-state index in [4.69, 9.17) is 9.15 Å². The minimum Gasteiger partial charge on any atom is -0.481 e. The van der Waals surface area contributed by atoms with Gasteiger partial charge in [0.05, 0.1) is 19.0 Å². The fourth-order valence-corrected chi connectivity index (χ4v) is 6.94. The summed E-state index contributed by atoms with van der Waals surface area (Å²) in [7, 11) is 1.82. The summed E-state index contributed by atoms with van der Waals surface area (Å²) in [6.45, 7) is 0.886. The number of hydrogen-bond acceptors (Lipinski definition) is 10. The Morgan fingerprint density at radius 2 is 1.90 bits per heavy atom. The molecule has 1 fully saturated rings. The molecule has 0 saturated carbocycles. The van der Waals surface area contributed by atoms with Crippen molar-refractivity contribution in [3.63, 3.8) is 0 Å². The molecule has 4 aromatic rings. The molecule has 1 aromatic carbocycles. The molecule has 2 N–H and O–H groups in total. The smallest absolute Gasteiger partial charge is 0.278 e. The minimum atomic E-state index is -3.80. The van der Waals surface area contributed by atoms with Crippen molar-refractivity contribution in [2.24, 2.45) is 0 Å². The number of rotatable bonds is 8. The van der Waals surface area contributed by atoms with Crippen LogP contribution in [0.4, 0.5) is 11.6 Å². The van der Waals surface area contributed by atoms with Crippen LogP contribution < -0.4 is 10.1 Å². The van der Waals surface area contributed by atoms with Crippen molar-refractivity contribution in [1.29, 1.82) is 0 Å². The van der Waals surface area contributed by atoms with Crippen LogP contribution in [0.25, 0.3) is 22.6 Å². The fourth-order valence-electron chi connectivity index (χ4n) is 5.64. The van der Waals surface area contributed by atoms with E-state index in [1.807, 2.05) is 32.3 Å². The average Bonchev–Trinajstić information content (AvgIpc) is 3.76. The first-order valence-electron chi connectivity index (χ1n) is 13.3. The van der Waals surface area contributed by atoms with Crippen LogP contribution in [0, 0.1) is 0 Å². The molecular weight excluding hydrogens is 532 g/mol. The highest BCUT2D eigenvalue weighted by atomic mass is 32.2. The summed E-state index contributed by atoms with van der Waals surface area (Å²) in [6.07, 6.45) is 9.11. The monoisotopic (exact) mass is 564 g/mol. The first kappa shape index (κ1) is 26.4. The lowest BCUT2D eigenvalue weighted by Crippen LogP contribution is -2.44. The van der Waals surface area contributed by atoms with E-state index in [9.17, 15) is 8.42 Å². The highest BCUT2D eigenvalue weighted by Gasteiger charge is 2.33. The van der Waals surface area contributed by atoms with Crippen molar-refractivity contribution >= 4 is 21.7 Å². The number of anilines is 2. The molecule has 1 aliphatic carbocycles. The number of ether oxygens (including phenoxy) is 1. The van der Waals surface area contributed by atoms with E-state index in [-0.39, 0.29) is 11.1 Å². The predicted octanol–water partition coefficient (Wildman–Crippen LogP) is 3.48. The molecule has 2 aliphatic rings. The summed E-state index contributed by atoms with van der Waals surface area (Å²) in [5.41, 5.74) is 5.70. The molecule has 0 amide bonds. The van der Waals surface area contributed by atoms with Gasteiger partial charge in [-0.25, -0.2) is 23.5 Å². The van der Waals surface area contributed by atoms with Gasteiger partial charge in [0, 0.05) is 42.5 Å². The lowest BCUT2D eigenvalue weighted by molar-refractivity contribution is 0.196. The van der Waals surface area contributed by atoms with Gasteiger partial charge < -0.3 is 19.4 Å². The summed E-state index contributed by atoms with van der Waals surface area (Å²) in [5.74, 6) is 1.21. The van der Waals surface area contributed by atoms with Crippen LogP contribution in [0.1, 0.15) is 30.4 Å². The Bertz CT molecular complexity index is 1610. The van der Waals surface area contributed by atoms with E-state index in [0.717, 1.165) is 65.6 Å². The number of pyridine rings is 1. The summed E-state index contributed by atoms with van der Waals surface area (Å²) in [6, 6.07) is 6.15. The van der Waals surface area contributed by atoms with Crippen molar-refractivity contribution in [1.82, 2.24) is 34.4 Å². The third-order valence-corrected chi connectivity index (χ3v) is 9.48. The number of aromatic amines is 1. The number of benzene rings is 1. The number of fused-ring (bicyclic) bond motifs is 1. The second kappa shape index (κ2) is 10.6. The topological polar surface area (TPSA) is 142 Å². The maximum atomic E-state index is 13.4. The van der Waals surface area contributed by atoms with Crippen LogP contribution in [-0.2, 0) is 22.9 Å². The molecule has 3 aromatic heterocycles. The zero-order chi connectivity index (χ0) is 27.9. The number of methoxy groups -OCH3 is 1. The number of piperidine rings is 1. The molecule has 0 spiro atoms. The quantitative estimate of drug-likeness (QED) is 0.327. The lowest BCUT2D eigenvalue weighted by Gasteiger charge is -2.33. The van der Waals surface area contributed by atoms with Gasteiger partial charge in [0.25, 0.3) is 15.2 Å². The third-order valence-electron chi connectivity index (χ3n) is 7.76. The van der Waals surface area contributed by atoms with Crippen LogP contribution in [0.15, 0.2) is 46.4 Å². The van der Waals surface area contributed by atoms with Gasteiger partial charge in [0.1, 0.15) is 6.26 Å². The molecule has 0 unspecified atom stereocenters. The van der Waals surface area contributed by atoms with E-state index in [1.54, 1.807) is 25.8 Å². The Balaban J connectivity index is 1.37. The number of H-pyrrole nitrogens is 1. The van der Waals surface area contributed by atoms with E-state index in [0.29, 0.717) is 30.9 Å². The highest BCUT2D eigenvalue weighted by Crippen LogP contribution is 2.44. The van der Waals surface area contributed by atoms with Gasteiger partial charge >= 0.3 is 0 Å². The molecule has 13 heteroatoms. The molecule has 1 saturated heterocycles. The minimum absolute atomic E-state index is 0.168. The first-order valence-corrected chi connectivity index (χ1v) is 14.7. The molecule has 210 valence electrons. The van der Waals surface area contributed by atoms with Gasteiger partial charge in [-0.3, -0.25) is 0 Å². The van der Waals surface area contributed by atoms with E-state index < -0.39 is 10.0 Å². The van der Waals surface area contributed by atoms with E-state index in [2.05, 4.69) is 35.4 Å². The fraction of sp³-hybridized carbons (Fsp3) is 0.407. The molecule has 6 rings (SSSR count). The van der Waals surface area contributed by atoms with Gasteiger partial charge in [-0.2, -0.15) is 9.29 Å². The maximum absolute atomic E-state index is 13.4. The van der Waals surface area contributed by atoms with Gasteiger partial charge in [-0.15, -0.1) is 5.10 Å². The standard InChI is InChI=1S/C27H32N8O4S/c1-34(2)18-8-12-35(13-9-18)40(36,37)27-31-26(32-33-27)30-24-20-6-4-5-19(20)22(25-29-11-14-39-25)16-21(24)17-7-10-28-23(15-17)38-3/h7,10-11,14-16,18H,4-6,8-9,12-13H2,1-3H3,(H2,30,31,32,33). The van der Waals surface area contributed by atoms with Crippen molar-refractivity contribution < 1.29 is 17.6 Å². The second-order valence-corrected chi connectivity index (χ2v) is 12.1. The Morgan fingerprint density at radius 1 is 1.10 bits per heavy atom. The zero-order valence-electron chi connectivity index (χ0n) is 22.7. The summed E-state index contributed by atoms with van der Waals surface area (Å²) < 4.78 is 39.3. The number of oxazole rings is 1. The molecule has 0 radical (unpaired) electrons. The molecule has 1 aliphatic heterocycles. The first-order chi connectivity index (χ1) is 19.3. The Hall–Kier alpha value is -3.81. The number of nitrogens with zero attached hydrogens (tertiary/aromatic N) is 6. The van der Waals surface area contributed by atoms with Crippen LogP contribution >= 0.6 is 0 Å². The maximum Gasteiger partial charge on any atom is 0.278 e. The van der Waals surface area contributed by atoms with E-state index in [1.165, 1.54) is 4.31 Å². The van der Waals surface area contributed by atoms with Crippen LogP contribution in [0.5, 0.6) is 5.88 Å². The van der Waals surface area contributed by atoms with Gasteiger partial charge in [-0.05, 0) is 75.0 Å². The molecular formula is C27H32N8O4S. The Labute approximate surface area is 232 Å². The second-order valence-electron chi connectivity index (χ2n) is 10.3. The Morgan fingerprint density at radius 3 is 2.62 bits per heavy atom. The predicted molar refractivity (Wildman–Crippen MR) is 149 cm³/mol. The number of nitrogens with one attached hydrogen (secondary N) is 2. The largest absolute Gasteiger partial charge is 0.481 e. The van der Waals surface area contributed by atoms with Crippen molar-refractivity contribution in [2.45, 2.75) is 43.3 Å². The van der Waals surface area contributed by atoms with Crippen LogP contribution in [-0.4, -0.2) is 83.1 Å². The van der Waals surface area contributed by atoms with Gasteiger partial charge in [0.15, 0.2) is 0 Å². The van der Waals surface area contributed by atoms with Gasteiger partial charge in [-0.1, -0.05) is 0 Å². The molecule has 40 heavy (non-hydrogen) atoms.